The number of carbonyl (C=O) groups excluding carboxylic acids is 2. The Hall–Kier alpha value is -0.400. The summed E-state index contributed by atoms with van der Waals surface area (Å²) < 4.78 is 1.72. The summed E-state index contributed by atoms with van der Waals surface area (Å²) in [7, 11) is 0. The Kier molecular flexibility index (Phi) is 3.35. The van der Waals surface area contributed by atoms with Crippen molar-refractivity contribution in [2.45, 2.75) is 19.5 Å². The van der Waals surface area contributed by atoms with Gasteiger partial charge >= 0.3 is 0 Å². The fourth-order valence-electron chi connectivity index (χ4n) is 1.70. The Bertz CT molecular complexity index is 479. The predicted molar refractivity (Wildman–Crippen MR) is 73.0 cm³/mol. The number of hydrogen-bond acceptors (Lipinski definition) is 3. The lowest BCUT2D eigenvalue weighted by Gasteiger charge is -2.29. The third-order valence-electron chi connectivity index (χ3n) is 2.52. The van der Waals surface area contributed by atoms with Gasteiger partial charge in [0.1, 0.15) is 12.2 Å². The van der Waals surface area contributed by atoms with Crippen LogP contribution in [0.15, 0.2) is 14.3 Å². The molecule has 0 bridgehead atoms. The van der Waals surface area contributed by atoms with Crippen molar-refractivity contribution in [1.29, 1.82) is 0 Å². The van der Waals surface area contributed by atoms with E-state index in [1.165, 1.54) is 11.3 Å². The van der Waals surface area contributed by atoms with E-state index in [1.54, 1.807) is 11.0 Å². The van der Waals surface area contributed by atoms with Crippen LogP contribution in [-0.2, 0) is 4.79 Å². The molecule has 4 nitrogen and oxygen atoms in total. The highest BCUT2D eigenvalue weighted by Gasteiger charge is 2.40. The third-order valence-corrected chi connectivity index (χ3v) is 5.77. The summed E-state index contributed by atoms with van der Waals surface area (Å²) in [6, 6.07) is 1.76. The molecule has 0 aliphatic carbocycles. The maximum atomic E-state index is 12.3. The van der Waals surface area contributed by atoms with Gasteiger partial charge in [0.15, 0.2) is 0 Å². The summed E-state index contributed by atoms with van der Waals surface area (Å²) in [5, 5.41) is 2.76. The molecule has 2 rings (SSSR count). The molecule has 2 heterocycles. The van der Waals surface area contributed by atoms with Crippen molar-refractivity contribution in [1.82, 2.24) is 10.2 Å². The second-order valence-corrected chi connectivity index (χ2v) is 7.46. The molecule has 1 aliphatic rings. The minimum Gasteiger partial charge on any atom is -0.332 e. The summed E-state index contributed by atoms with van der Waals surface area (Å²) >= 11 is 8.05. The van der Waals surface area contributed by atoms with Gasteiger partial charge in [0.2, 0.25) is 5.91 Å². The van der Waals surface area contributed by atoms with Gasteiger partial charge in [-0.2, -0.15) is 0 Å². The van der Waals surface area contributed by atoms with E-state index < -0.39 is 5.66 Å². The lowest BCUT2D eigenvalue weighted by atomic mass is 10.2. The first-order valence-corrected chi connectivity index (χ1v) is 7.29. The molecule has 0 spiro atoms. The van der Waals surface area contributed by atoms with Gasteiger partial charge in [0.25, 0.3) is 5.91 Å². The fraction of sp³-hybridized carbons (Fsp3) is 0.400. The standard InChI is InChI=1S/C10H10Br2N2O2S/c1-10(2)13-7(15)4-14(10)9(16)6-3-5(11)8(12)17-6/h3H,4H2,1-2H3,(H,13,15). The molecule has 1 aliphatic heterocycles. The molecule has 1 aromatic rings. The van der Waals surface area contributed by atoms with Gasteiger partial charge in [0, 0.05) is 4.47 Å². The predicted octanol–water partition coefficient (Wildman–Crippen LogP) is 2.58. The average Bonchev–Trinajstić information content (AvgIpc) is 2.66. The van der Waals surface area contributed by atoms with E-state index in [2.05, 4.69) is 37.2 Å². The van der Waals surface area contributed by atoms with Gasteiger partial charge in [0.05, 0.1) is 8.66 Å². The van der Waals surface area contributed by atoms with Crippen LogP contribution in [0, 0.1) is 0 Å². The van der Waals surface area contributed by atoms with E-state index in [-0.39, 0.29) is 18.4 Å². The van der Waals surface area contributed by atoms with E-state index >= 15 is 0 Å². The van der Waals surface area contributed by atoms with Gasteiger partial charge in [-0.05, 0) is 51.8 Å². The highest BCUT2D eigenvalue weighted by molar-refractivity contribution is 9.13. The van der Waals surface area contributed by atoms with Crippen LogP contribution in [0.3, 0.4) is 0 Å². The lowest BCUT2D eigenvalue weighted by Crippen LogP contribution is -2.48. The Labute approximate surface area is 120 Å². The number of nitrogens with zero attached hydrogens (tertiary/aromatic N) is 1. The Balaban J connectivity index is 2.29. The van der Waals surface area contributed by atoms with Crippen molar-refractivity contribution in [2.75, 3.05) is 6.54 Å². The van der Waals surface area contributed by atoms with Gasteiger partial charge < -0.3 is 10.2 Å². The zero-order valence-corrected chi connectivity index (χ0v) is 13.2. The normalized spacial score (nSPS) is 18.4. The van der Waals surface area contributed by atoms with Crippen LogP contribution in [0.5, 0.6) is 0 Å². The molecule has 1 saturated heterocycles. The lowest BCUT2D eigenvalue weighted by molar-refractivity contribution is -0.118. The van der Waals surface area contributed by atoms with Crippen LogP contribution < -0.4 is 5.32 Å². The molecule has 1 N–H and O–H groups in total. The Morgan fingerprint density at radius 3 is 2.59 bits per heavy atom. The molecule has 0 unspecified atom stereocenters. The molecule has 0 radical (unpaired) electrons. The number of amides is 2. The number of hydrogen-bond donors (Lipinski definition) is 1. The van der Waals surface area contributed by atoms with Crippen LogP contribution in [0.4, 0.5) is 0 Å². The molecular weight excluding hydrogens is 372 g/mol. The zero-order valence-electron chi connectivity index (χ0n) is 9.21. The molecule has 17 heavy (non-hydrogen) atoms. The fourth-order valence-corrected chi connectivity index (χ4v) is 3.68. The summed E-state index contributed by atoms with van der Waals surface area (Å²) in [6.07, 6.45) is 0. The monoisotopic (exact) mass is 380 g/mol. The van der Waals surface area contributed by atoms with Gasteiger partial charge in [-0.25, -0.2) is 0 Å². The maximum absolute atomic E-state index is 12.3. The Morgan fingerprint density at radius 2 is 2.18 bits per heavy atom. The molecule has 92 valence electrons. The minimum absolute atomic E-state index is 0.110. The van der Waals surface area contributed by atoms with Crippen LogP contribution in [0.1, 0.15) is 23.5 Å². The van der Waals surface area contributed by atoms with Crippen molar-refractivity contribution in [3.05, 3.63) is 19.2 Å². The van der Waals surface area contributed by atoms with Crippen LogP contribution in [0.2, 0.25) is 0 Å². The van der Waals surface area contributed by atoms with E-state index in [0.29, 0.717) is 4.88 Å². The van der Waals surface area contributed by atoms with Gasteiger partial charge in [-0.15, -0.1) is 11.3 Å². The molecule has 1 aromatic heterocycles. The second-order valence-electron chi connectivity index (χ2n) is 4.23. The topological polar surface area (TPSA) is 49.4 Å². The number of thiophene rings is 1. The molecule has 1 fully saturated rings. The molecule has 2 amide bonds. The van der Waals surface area contributed by atoms with Gasteiger partial charge in [-0.3, -0.25) is 9.59 Å². The van der Waals surface area contributed by atoms with Gasteiger partial charge in [-0.1, -0.05) is 0 Å². The highest BCUT2D eigenvalue weighted by Crippen LogP contribution is 2.34. The number of rotatable bonds is 1. The quantitative estimate of drug-likeness (QED) is 0.812. The first kappa shape index (κ1) is 13.0. The molecule has 0 aromatic carbocycles. The highest BCUT2D eigenvalue weighted by atomic mass is 79.9. The van der Waals surface area contributed by atoms with Crippen molar-refractivity contribution < 1.29 is 9.59 Å². The largest absolute Gasteiger partial charge is 0.332 e. The summed E-state index contributed by atoms with van der Waals surface area (Å²) in [6.45, 7) is 3.74. The van der Waals surface area contributed by atoms with E-state index in [9.17, 15) is 9.59 Å². The minimum atomic E-state index is -0.628. The SMILES string of the molecule is CC1(C)NC(=O)CN1C(=O)c1cc(Br)c(Br)s1. The van der Waals surface area contributed by atoms with Crippen LogP contribution in [0.25, 0.3) is 0 Å². The molecular formula is C10H10Br2N2O2S. The number of halogens is 2. The molecule has 0 atom stereocenters. The Morgan fingerprint density at radius 1 is 1.53 bits per heavy atom. The first-order valence-electron chi connectivity index (χ1n) is 4.89. The third kappa shape index (κ3) is 2.41. The maximum Gasteiger partial charge on any atom is 0.266 e. The summed E-state index contributed by atoms with van der Waals surface area (Å²) in [5.74, 6) is -0.261. The first-order chi connectivity index (χ1) is 7.81. The van der Waals surface area contributed by atoms with Crippen molar-refractivity contribution >= 4 is 55.0 Å². The van der Waals surface area contributed by atoms with Crippen molar-refractivity contribution in [3.63, 3.8) is 0 Å². The van der Waals surface area contributed by atoms with Crippen molar-refractivity contribution in [2.24, 2.45) is 0 Å². The van der Waals surface area contributed by atoms with Crippen molar-refractivity contribution in [3.8, 4) is 0 Å². The molecule has 7 heteroatoms. The van der Waals surface area contributed by atoms with E-state index in [0.717, 1.165) is 8.26 Å². The zero-order chi connectivity index (χ0) is 12.8. The van der Waals surface area contributed by atoms with E-state index in [4.69, 9.17) is 0 Å². The second kappa shape index (κ2) is 4.37. The summed E-state index contributed by atoms with van der Waals surface area (Å²) in [4.78, 5) is 25.8. The molecule has 0 saturated carbocycles. The van der Waals surface area contributed by atoms with Crippen LogP contribution in [-0.4, -0.2) is 28.9 Å². The number of nitrogens with one attached hydrogen (secondary N) is 1. The average molecular weight is 382 g/mol. The summed E-state index contributed by atoms with van der Waals surface area (Å²) in [5.41, 5.74) is -0.628. The van der Waals surface area contributed by atoms with Crippen LogP contribution >= 0.6 is 43.2 Å². The number of carbonyl (C=O) groups is 2. The smallest absolute Gasteiger partial charge is 0.266 e. The van der Waals surface area contributed by atoms with E-state index in [1.807, 2.05) is 13.8 Å².